The highest BCUT2D eigenvalue weighted by molar-refractivity contribution is 5.42. The fourth-order valence-electron chi connectivity index (χ4n) is 2.23. The van der Waals surface area contributed by atoms with Crippen LogP contribution in [-0.4, -0.2) is 41.0 Å². The second-order valence-electron chi connectivity index (χ2n) is 4.62. The molecule has 0 aliphatic carbocycles. The summed E-state index contributed by atoms with van der Waals surface area (Å²) in [5.74, 6) is 2.24. The van der Waals surface area contributed by atoms with Gasteiger partial charge in [-0.25, -0.2) is 0 Å². The van der Waals surface area contributed by atoms with Gasteiger partial charge >= 0.3 is 0 Å². The molecule has 0 aliphatic heterocycles. The molecule has 0 radical (unpaired) electrons. The van der Waals surface area contributed by atoms with E-state index in [4.69, 9.17) is 9.47 Å². The molecule has 2 aromatic rings. The molecule has 1 aromatic carbocycles. The zero-order valence-corrected chi connectivity index (χ0v) is 12.8. The number of hydrogen-bond acceptors (Lipinski definition) is 6. The molecule has 2 rings (SSSR count). The van der Waals surface area contributed by atoms with Crippen LogP contribution in [0.25, 0.3) is 0 Å². The Morgan fingerprint density at radius 2 is 2.10 bits per heavy atom. The molecule has 7 nitrogen and oxygen atoms in total. The van der Waals surface area contributed by atoms with Crippen molar-refractivity contribution in [2.24, 2.45) is 7.05 Å². The minimum atomic E-state index is 0.0556. The standard InChI is InChI=1S/C14H21N5O2/c1-5-15-12(9-14-16-18-19(2)17-14)11-7-6-10(20-3)8-13(11)21-4/h6-8,12,15H,5,9H2,1-4H3. The van der Waals surface area contributed by atoms with Crippen LogP contribution in [0.15, 0.2) is 18.2 Å². The minimum absolute atomic E-state index is 0.0556. The Labute approximate surface area is 124 Å². The highest BCUT2D eigenvalue weighted by atomic mass is 16.5. The van der Waals surface area contributed by atoms with Crippen molar-refractivity contribution in [2.45, 2.75) is 19.4 Å². The van der Waals surface area contributed by atoms with Crippen LogP contribution in [0.3, 0.4) is 0 Å². The van der Waals surface area contributed by atoms with Gasteiger partial charge in [-0.05, 0) is 17.8 Å². The van der Waals surface area contributed by atoms with Crippen molar-refractivity contribution in [3.8, 4) is 11.5 Å². The first kappa shape index (κ1) is 15.2. The summed E-state index contributed by atoms with van der Waals surface area (Å²) in [7, 11) is 5.05. The summed E-state index contributed by atoms with van der Waals surface area (Å²) in [6.07, 6.45) is 0.643. The second kappa shape index (κ2) is 7.03. The number of nitrogens with one attached hydrogen (secondary N) is 1. The fraction of sp³-hybridized carbons (Fsp3) is 0.500. The quantitative estimate of drug-likeness (QED) is 0.824. The average molecular weight is 291 g/mol. The summed E-state index contributed by atoms with van der Waals surface area (Å²) < 4.78 is 10.7. The molecule has 0 spiro atoms. The number of ether oxygens (including phenoxy) is 2. The van der Waals surface area contributed by atoms with Crippen molar-refractivity contribution in [1.29, 1.82) is 0 Å². The molecule has 1 N–H and O–H groups in total. The lowest BCUT2D eigenvalue weighted by atomic mass is 10.0. The normalized spacial score (nSPS) is 12.2. The number of benzene rings is 1. The molecule has 0 amide bonds. The Kier molecular flexibility index (Phi) is 5.10. The van der Waals surface area contributed by atoms with Gasteiger partial charge in [-0.2, -0.15) is 4.80 Å². The summed E-state index contributed by atoms with van der Waals surface area (Å²) in [6, 6.07) is 5.86. The van der Waals surface area contributed by atoms with Crippen LogP contribution in [0.2, 0.25) is 0 Å². The SMILES string of the molecule is CCNC(Cc1nnn(C)n1)c1ccc(OC)cc1OC. The van der Waals surface area contributed by atoms with Crippen LogP contribution >= 0.6 is 0 Å². The number of methoxy groups -OCH3 is 2. The lowest BCUT2D eigenvalue weighted by Gasteiger charge is -2.20. The summed E-state index contributed by atoms with van der Waals surface area (Å²) in [4.78, 5) is 1.46. The number of hydrogen-bond donors (Lipinski definition) is 1. The number of likely N-dealkylation sites (N-methyl/N-ethyl adjacent to an activating group) is 1. The molecule has 1 aromatic heterocycles. The van der Waals surface area contributed by atoms with Gasteiger partial charge in [0.25, 0.3) is 0 Å². The van der Waals surface area contributed by atoms with Gasteiger partial charge in [0.2, 0.25) is 0 Å². The Balaban J connectivity index is 2.28. The van der Waals surface area contributed by atoms with Crippen LogP contribution < -0.4 is 14.8 Å². The summed E-state index contributed by atoms with van der Waals surface area (Å²) in [5, 5.41) is 15.6. The smallest absolute Gasteiger partial charge is 0.176 e. The predicted octanol–water partition coefficient (Wildman–Crippen LogP) is 1.12. The monoisotopic (exact) mass is 291 g/mol. The molecule has 21 heavy (non-hydrogen) atoms. The molecular formula is C14H21N5O2. The molecule has 1 atom stereocenters. The molecule has 0 saturated heterocycles. The summed E-state index contributed by atoms with van der Waals surface area (Å²) in [5.41, 5.74) is 1.05. The Morgan fingerprint density at radius 3 is 2.67 bits per heavy atom. The van der Waals surface area contributed by atoms with Gasteiger partial charge in [-0.1, -0.05) is 13.0 Å². The van der Waals surface area contributed by atoms with E-state index < -0.39 is 0 Å². The topological polar surface area (TPSA) is 74.1 Å². The van der Waals surface area contributed by atoms with Crippen LogP contribution in [0.5, 0.6) is 11.5 Å². The van der Waals surface area contributed by atoms with Crippen molar-refractivity contribution in [3.05, 3.63) is 29.6 Å². The van der Waals surface area contributed by atoms with Gasteiger partial charge in [0.15, 0.2) is 5.82 Å². The number of aromatic nitrogens is 4. The maximum Gasteiger partial charge on any atom is 0.176 e. The minimum Gasteiger partial charge on any atom is -0.497 e. The van der Waals surface area contributed by atoms with Crippen LogP contribution in [-0.2, 0) is 13.5 Å². The lowest BCUT2D eigenvalue weighted by molar-refractivity contribution is 0.383. The van der Waals surface area contributed by atoms with Crippen molar-refractivity contribution < 1.29 is 9.47 Å². The first-order valence-corrected chi connectivity index (χ1v) is 6.86. The number of aryl methyl sites for hydroxylation is 1. The van der Waals surface area contributed by atoms with E-state index >= 15 is 0 Å². The van der Waals surface area contributed by atoms with Crippen LogP contribution in [0, 0.1) is 0 Å². The maximum atomic E-state index is 5.48. The van der Waals surface area contributed by atoms with E-state index in [0.717, 1.165) is 23.6 Å². The van der Waals surface area contributed by atoms with Crippen LogP contribution in [0.4, 0.5) is 0 Å². The summed E-state index contributed by atoms with van der Waals surface area (Å²) >= 11 is 0. The first-order valence-electron chi connectivity index (χ1n) is 6.86. The third-order valence-corrected chi connectivity index (χ3v) is 3.20. The van der Waals surface area contributed by atoms with E-state index in [1.54, 1.807) is 21.3 Å². The van der Waals surface area contributed by atoms with E-state index in [-0.39, 0.29) is 6.04 Å². The van der Waals surface area contributed by atoms with Crippen molar-refractivity contribution >= 4 is 0 Å². The van der Waals surface area contributed by atoms with E-state index in [0.29, 0.717) is 12.2 Å². The van der Waals surface area contributed by atoms with Crippen molar-refractivity contribution in [2.75, 3.05) is 20.8 Å². The Morgan fingerprint density at radius 1 is 1.29 bits per heavy atom. The van der Waals surface area contributed by atoms with Crippen LogP contribution in [0.1, 0.15) is 24.4 Å². The first-order chi connectivity index (χ1) is 10.2. The van der Waals surface area contributed by atoms with Gasteiger partial charge in [0.1, 0.15) is 11.5 Å². The highest BCUT2D eigenvalue weighted by Gasteiger charge is 2.18. The third-order valence-electron chi connectivity index (χ3n) is 3.20. The third kappa shape index (κ3) is 3.69. The number of nitrogens with zero attached hydrogens (tertiary/aromatic N) is 4. The largest absolute Gasteiger partial charge is 0.497 e. The van der Waals surface area contributed by atoms with E-state index in [1.807, 2.05) is 18.2 Å². The molecule has 0 saturated carbocycles. The van der Waals surface area contributed by atoms with Crippen molar-refractivity contribution in [3.63, 3.8) is 0 Å². The van der Waals surface area contributed by atoms with Gasteiger partial charge in [-0.15, -0.1) is 10.2 Å². The van der Waals surface area contributed by atoms with E-state index in [2.05, 4.69) is 27.7 Å². The molecule has 0 bridgehead atoms. The van der Waals surface area contributed by atoms with Gasteiger partial charge in [-0.3, -0.25) is 0 Å². The molecule has 1 heterocycles. The highest BCUT2D eigenvalue weighted by Crippen LogP contribution is 2.30. The zero-order valence-electron chi connectivity index (χ0n) is 12.8. The average Bonchev–Trinajstić information content (AvgIpc) is 2.91. The zero-order chi connectivity index (χ0) is 15.2. The molecule has 114 valence electrons. The van der Waals surface area contributed by atoms with Gasteiger partial charge < -0.3 is 14.8 Å². The predicted molar refractivity (Wildman–Crippen MR) is 78.5 cm³/mol. The lowest BCUT2D eigenvalue weighted by Crippen LogP contribution is -2.24. The second-order valence-corrected chi connectivity index (χ2v) is 4.62. The van der Waals surface area contributed by atoms with Gasteiger partial charge in [0.05, 0.1) is 21.3 Å². The van der Waals surface area contributed by atoms with E-state index in [1.165, 1.54) is 4.80 Å². The Bertz CT molecular complexity index is 584. The summed E-state index contributed by atoms with van der Waals surface area (Å²) in [6.45, 7) is 2.90. The molecule has 1 unspecified atom stereocenters. The fourth-order valence-corrected chi connectivity index (χ4v) is 2.23. The number of tetrazole rings is 1. The molecule has 0 fully saturated rings. The Hall–Kier alpha value is -2.15. The maximum absolute atomic E-state index is 5.48. The van der Waals surface area contributed by atoms with E-state index in [9.17, 15) is 0 Å². The van der Waals surface area contributed by atoms with Gasteiger partial charge in [0, 0.05) is 24.1 Å². The number of rotatable bonds is 7. The molecule has 0 aliphatic rings. The molecule has 7 heteroatoms. The van der Waals surface area contributed by atoms with Crippen molar-refractivity contribution in [1.82, 2.24) is 25.5 Å². The molecular weight excluding hydrogens is 270 g/mol.